The molecule has 7 heteroatoms. The highest BCUT2D eigenvalue weighted by atomic mass is 79.9. The fourth-order valence-corrected chi connectivity index (χ4v) is 1.51. The highest BCUT2D eigenvalue weighted by Gasteiger charge is 2.02. The van der Waals surface area contributed by atoms with Crippen LogP contribution in [0.3, 0.4) is 0 Å². The topological polar surface area (TPSA) is 90.4 Å². The summed E-state index contributed by atoms with van der Waals surface area (Å²) >= 11 is 3.11. The van der Waals surface area contributed by atoms with Crippen molar-refractivity contribution >= 4 is 27.8 Å². The van der Waals surface area contributed by atoms with Crippen LogP contribution in [0.25, 0.3) is 0 Å². The number of H-pyrrole nitrogens is 1. The van der Waals surface area contributed by atoms with E-state index in [2.05, 4.69) is 36.7 Å². The zero-order valence-corrected chi connectivity index (χ0v) is 10.7. The van der Waals surface area contributed by atoms with Crippen LogP contribution in [0.4, 0.5) is 5.69 Å². The van der Waals surface area contributed by atoms with Gasteiger partial charge in [0.15, 0.2) is 0 Å². The molecular weight excluding hydrogens is 300 g/mol. The van der Waals surface area contributed by atoms with Gasteiger partial charge in [0.25, 0.3) is 5.56 Å². The molecule has 0 spiro atoms. The smallest absolute Gasteiger partial charge is 0.280 e. The lowest BCUT2D eigenvalue weighted by atomic mass is 10.2. The maximum absolute atomic E-state index is 11.2. The van der Waals surface area contributed by atoms with Crippen molar-refractivity contribution < 1.29 is 5.11 Å². The average Bonchev–Trinajstić information content (AvgIpc) is 2.37. The number of anilines is 1. The Bertz CT molecular complexity index is 639. The molecule has 1 heterocycles. The maximum Gasteiger partial charge on any atom is 0.280 e. The Balaban J connectivity index is 2.15. The van der Waals surface area contributed by atoms with Crippen LogP contribution in [0.15, 0.2) is 44.8 Å². The number of aromatic amines is 1. The van der Waals surface area contributed by atoms with Gasteiger partial charge in [0, 0.05) is 5.56 Å². The predicted octanol–water partition coefficient (Wildman–Crippen LogP) is 1.68. The first-order valence-electron chi connectivity index (χ1n) is 4.99. The van der Waals surface area contributed by atoms with Gasteiger partial charge in [-0.25, -0.2) is 5.10 Å². The molecule has 0 radical (unpaired) electrons. The summed E-state index contributed by atoms with van der Waals surface area (Å²) in [5.41, 5.74) is 3.31. The number of nitrogens with zero attached hydrogens (tertiary/aromatic N) is 2. The number of phenols is 1. The molecule has 2 rings (SSSR count). The second-order valence-corrected chi connectivity index (χ2v) is 4.15. The first kappa shape index (κ1) is 12.3. The summed E-state index contributed by atoms with van der Waals surface area (Å²) in [6.07, 6.45) is 2.87. The fraction of sp³-hybridized carbons (Fsp3) is 0. The minimum atomic E-state index is -0.349. The van der Waals surface area contributed by atoms with E-state index in [1.54, 1.807) is 24.3 Å². The normalized spacial score (nSPS) is 10.7. The van der Waals surface area contributed by atoms with E-state index in [1.807, 2.05) is 0 Å². The van der Waals surface area contributed by atoms with Gasteiger partial charge in [0.05, 0.1) is 18.1 Å². The van der Waals surface area contributed by atoms with Crippen molar-refractivity contribution in [3.8, 4) is 5.75 Å². The molecule has 92 valence electrons. The van der Waals surface area contributed by atoms with E-state index < -0.39 is 0 Å². The molecule has 0 saturated heterocycles. The second-order valence-electron chi connectivity index (χ2n) is 3.36. The fourth-order valence-electron chi connectivity index (χ4n) is 1.23. The molecule has 18 heavy (non-hydrogen) atoms. The van der Waals surface area contributed by atoms with Crippen molar-refractivity contribution in [2.45, 2.75) is 0 Å². The van der Waals surface area contributed by atoms with Crippen LogP contribution >= 0.6 is 15.9 Å². The number of hydrogen-bond acceptors (Lipinski definition) is 5. The highest BCUT2D eigenvalue weighted by molar-refractivity contribution is 9.10. The van der Waals surface area contributed by atoms with E-state index in [0.29, 0.717) is 15.7 Å². The zero-order chi connectivity index (χ0) is 13.0. The van der Waals surface area contributed by atoms with Crippen molar-refractivity contribution in [2.75, 3.05) is 5.43 Å². The Morgan fingerprint density at radius 2 is 2.22 bits per heavy atom. The van der Waals surface area contributed by atoms with Crippen molar-refractivity contribution in [1.29, 1.82) is 0 Å². The lowest BCUT2D eigenvalue weighted by Crippen LogP contribution is -2.10. The number of aromatic nitrogens is 2. The van der Waals surface area contributed by atoms with Gasteiger partial charge in [0.2, 0.25) is 0 Å². The zero-order valence-electron chi connectivity index (χ0n) is 9.09. The van der Waals surface area contributed by atoms with Gasteiger partial charge in [-0.2, -0.15) is 10.2 Å². The maximum atomic E-state index is 11.2. The molecule has 6 nitrogen and oxygen atoms in total. The summed E-state index contributed by atoms with van der Waals surface area (Å²) in [4.78, 5) is 11.2. The number of hydrazone groups is 1. The van der Waals surface area contributed by atoms with Crippen molar-refractivity contribution in [3.05, 3.63) is 50.9 Å². The molecule has 0 amide bonds. The third-order valence-corrected chi connectivity index (χ3v) is 2.91. The Morgan fingerprint density at radius 3 is 3.00 bits per heavy atom. The molecule has 1 aromatic heterocycles. The average molecular weight is 309 g/mol. The van der Waals surface area contributed by atoms with E-state index in [-0.39, 0.29) is 11.3 Å². The lowest BCUT2D eigenvalue weighted by Gasteiger charge is -2.01. The quantitative estimate of drug-likeness (QED) is 0.594. The molecular formula is C11H9BrN4O2. The van der Waals surface area contributed by atoms with Crippen LogP contribution < -0.4 is 11.0 Å². The van der Waals surface area contributed by atoms with Crippen LogP contribution in [-0.2, 0) is 0 Å². The minimum absolute atomic E-state index is 0.131. The third-order valence-electron chi connectivity index (χ3n) is 2.12. The van der Waals surface area contributed by atoms with Crippen LogP contribution in [0.5, 0.6) is 5.75 Å². The van der Waals surface area contributed by atoms with Gasteiger partial charge in [0.1, 0.15) is 10.2 Å². The summed E-state index contributed by atoms with van der Waals surface area (Å²) in [5, 5.41) is 19.3. The number of benzene rings is 1. The number of halogens is 1. The Kier molecular flexibility index (Phi) is 3.73. The molecule has 1 aromatic carbocycles. The molecule has 0 bridgehead atoms. The van der Waals surface area contributed by atoms with E-state index >= 15 is 0 Å². The van der Waals surface area contributed by atoms with E-state index in [0.717, 1.165) is 0 Å². The highest BCUT2D eigenvalue weighted by Crippen LogP contribution is 2.16. The van der Waals surface area contributed by atoms with Crippen molar-refractivity contribution in [3.63, 3.8) is 0 Å². The van der Waals surface area contributed by atoms with Gasteiger partial charge < -0.3 is 5.11 Å². The number of rotatable bonds is 3. The number of phenolic OH excluding ortho intramolecular Hbond substituents is 1. The third kappa shape index (κ3) is 2.75. The van der Waals surface area contributed by atoms with Gasteiger partial charge in [-0.1, -0.05) is 12.1 Å². The van der Waals surface area contributed by atoms with Gasteiger partial charge in [-0.3, -0.25) is 10.2 Å². The summed E-state index contributed by atoms with van der Waals surface area (Å²) in [7, 11) is 0. The Hall–Kier alpha value is -2.15. The van der Waals surface area contributed by atoms with Gasteiger partial charge >= 0.3 is 0 Å². The summed E-state index contributed by atoms with van der Waals surface area (Å²) in [6.45, 7) is 0. The van der Waals surface area contributed by atoms with Crippen LogP contribution in [-0.4, -0.2) is 21.5 Å². The van der Waals surface area contributed by atoms with E-state index in [1.165, 1.54) is 12.4 Å². The first-order chi connectivity index (χ1) is 8.68. The molecule has 0 aliphatic heterocycles. The lowest BCUT2D eigenvalue weighted by molar-refractivity contribution is 0.474. The van der Waals surface area contributed by atoms with E-state index in [9.17, 15) is 9.90 Å². The van der Waals surface area contributed by atoms with Crippen LogP contribution in [0.2, 0.25) is 0 Å². The predicted molar refractivity (Wildman–Crippen MR) is 71.9 cm³/mol. The van der Waals surface area contributed by atoms with E-state index in [4.69, 9.17) is 0 Å². The monoisotopic (exact) mass is 308 g/mol. The van der Waals surface area contributed by atoms with Crippen molar-refractivity contribution in [1.82, 2.24) is 10.2 Å². The molecule has 0 saturated carbocycles. The minimum Gasteiger partial charge on any atom is -0.507 e. The first-order valence-corrected chi connectivity index (χ1v) is 5.78. The largest absolute Gasteiger partial charge is 0.507 e. The molecule has 0 aliphatic rings. The Labute approximate surface area is 110 Å². The number of aromatic hydroxyl groups is 1. The standard InChI is InChI=1S/C11H9BrN4O2/c12-10-8(6-14-16-11(10)18)15-13-5-7-3-1-2-4-9(7)17/h1-6,17H,(H2,15,16,18)/b13-5-. The second kappa shape index (κ2) is 5.46. The van der Waals surface area contributed by atoms with Crippen LogP contribution in [0.1, 0.15) is 5.56 Å². The molecule has 2 aromatic rings. The SMILES string of the molecule is O=c1[nH]ncc(N/N=C\c2ccccc2O)c1Br. The molecule has 0 unspecified atom stereocenters. The number of hydrogen-bond donors (Lipinski definition) is 3. The number of para-hydroxylation sites is 1. The molecule has 0 atom stereocenters. The molecule has 0 aliphatic carbocycles. The summed E-state index contributed by atoms with van der Waals surface area (Å²) in [6, 6.07) is 6.78. The van der Waals surface area contributed by atoms with Crippen molar-refractivity contribution in [2.24, 2.45) is 5.10 Å². The summed E-state index contributed by atoms with van der Waals surface area (Å²) in [5.74, 6) is 0.131. The van der Waals surface area contributed by atoms with Crippen LogP contribution in [0, 0.1) is 0 Å². The Morgan fingerprint density at radius 1 is 1.44 bits per heavy atom. The number of nitrogens with one attached hydrogen (secondary N) is 2. The molecule has 0 fully saturated rings. The van der Waals surface area contributed by atoms with Gasteiger partial charge in [-0.05, 0) is 28.1 Å². The molecule has 3 N–H and O–H groups in total. The van der Waals surface area contributed by atoms with Gasteiger partial charge in [-0.15, -0.1) is 0 Å². The summed E-state index contributed by atoms with van der Waals surface area (Å²) < 4.78 is 0.312.